The molecule has 7 heteroatoms. The van der Waals surface area contributed by atoms with Crippen LogP contribution in [0.3, 0.4) is 0 Å². The lowest BCUT2D eigenvalue weighted by molar-refractivity contribution is -0.242. The Morgan fingerprint density at radius 3 is 1.74 bits per heavy atom. The van der Waals surface area contributed by atoms with Crippen molar-refractivity contribution in [2.45, 2.75) is 167 Å². The smallest absolute Gasteiger partial charge is 0.305 e. The maximum atomic E-state index is 12.3. The average Bonchev–Trinajstić information content (AvgIpc) is 3.29. The number of hydrogen-bond acceptors (Lipinski definition) is 7. The summed E-state index contributed by atoms with van der Waals surface area (Å²) >= 11 is 0. The Bertz CT molecular complexity index is 635. The molecule has 0 radical (unpaired) electrons. The van der Waals surface area contributed by atoms with E-state index >= 15 is 0 Å². The number of unbranched alkanes of at least 4 members (excludes halogenated alkanes) is 12. The van der Waals surface area contributed by atoms with Crippen molar-refractivity contribution >= 4 is 5.97 Å². The van der Waals surface area contributed by atoms with Crippen molar-refractivity contribution in [3.8, 4) is 0 Å². The first-order chi connectivity index (χ1) is 16.7. The number of fused-ring (bicyclic) bond motifs is 3. The van der Waals surface area contributed by atoms with Crippen molar-refractivity contribution in [1.29, 1.82) is 0 Å². The molecule has 3 fully saturated rings. The van der Waals surface area contributed by atoms with Gasteiger partial charge >= 0.3 is 5.97 Å². The van der Waals surface area contributed by atoms with Crippen molar-refractivity contribution in [2.75, 3.05) is 6.61 Å². The summed E-state index contributed by atoms with van der Waals surface area (Å²) in [6.07, 6.45) is 15.1. The van der Waals surface area contributed by atoms with E-state index in [0.29, 0.717) is 6.42 Å². The topological polar surface area (TPSA) is 72.5 Å². The summed E-state index contributed by atoms with van der Waals surface area (Å²) in [4.78, 5) is 12.3. The van der Waals surface area contributed by atoms with Crippen LogP contribution in [-0.4, -0.2) is 54.9 Å². The van der Waals surface area contributed by atoms with Gasteiger partial charge < -0.3 is 28.4 Å². The number of hydrogen-bond donors (Lipinski definition) is 0. The SMILES string of the molecule is CCCCCCCCCCCCCCCC(=O)OC[C@@H]1O[C@@H]2OC(C)(C)O[C@@H]2[C@@H]2OC(C)(C)O[C@@H]21. The van der Waals surface area contributed by atoms with E-state index in [-0.39, 0.29) is 30.9 Å². The van der Waals surface area contributed by atoms with E-state index in [0.717, 1.165) is 12.8 Å². The first kappa shape index (κ1) is 28.8. The highest BCUT2D eigenvalue weighted by atomic mass is 16.9. The molecule has 0 aromatic rings. The molecule has 35 heavy (non-hydrogen) atoms. The number of carbonyl (C=O) groups excluding carboxylic acids is 1. The minimum absolute atomic E-state index is 0.130. The summed E-state index contributed by atoms with van der Waals surface area (Å²) in [6.45, 7) is 9.86. The van der Waals surface area contributed by atoms with Crippen molar-refractivity contribution in [3.05, 3.63) is 0 Å². The van der Waals surface area contributed by atoms with Crippen LogP contribution >= 0.6 is 0 Å². The molecule has 5 atom stereocenters. The number of ether oxygens (including phenoxy) is 6. The molecule has 3 rings (SSSR count). The molecule has 0 N–H and O–H groups in total. The van der Waals surface area contributed by atoms with E-state index in [1.807, 2.05) is 27.7 Å². The highest BCUT2D eigenvalue weighted by molar-refractivity contribution is 5.69. The Kier molecular flexibility index (Phi) is 11.3. The summed E-state index contributed by atoms with van der Waals surface area (Å²) < 4.78 is 35.8. The van der Waals surface area contributed by atoms with Gasteiger partial charge in [-0.25, -0.2) is 0 Å². The Balaban J connectivity index is 1.25. The molecule has 0 aromatic heterocycles. The fraction of sp³-hybridized carbons (Fsp3) is 0.964. The van der Waals surface area contributed by atoms with Gasteiger partial charge in [0.25, 0.3) is 0 Å². The normalized spacial score (nSPS) is 30.7. The zero-order chi connectivity index (χ0) is 25.3. The molecule has 0 aromatic carbocycles. The van der Waals surface area contributed by atoms with Gasteiger partial charge in [-0.2, -0.15) is 0 Å². The number of carbonyl (C=O) groups is 1. The molecular weight excluding hydrogens is 448 g/mol. The molecule has 7 nitrogen and oxygen atoms in total. The van der Waals surface area contributed by atoms with Crippen LogP contribution in [0.15, 0.2) is 0 Å². The monoisotopic (exact) mass is 498 g/mol. The lowest BCUT2D eigenvalue weighted by Crippen LogP contribution is -2.56. The largest absolute Gasteiger partial charge is 0.463 e. The van der Waals surface area contributed by atoms with Gasteiger partial charge in [-0.3, -0.25) is 4.79 Å². The first-order valence-corrected chi connectivity index (χ1v) is 14.2. The third-order valence-electron chi connectivity index (χ3n) is 7.14. The molecular formula is C28H50O7. The van der Waals surface area contributed by atoms with Crippen molar-refractivity contribution in [3.63, 3.8) is 0 Å². The quantitative estimate of drug-likeness (QED) is 0.180. The van der Waals surface area contributed by atoms with Gasteiger partial charge in [-0.15, -0.1) is 0 Å². The van der Waals surface area contributed by atoms with Gasteiger partial charge in [0.2, 0.25) is 0 Å². The van der Waals surface area contributed by atoms with Crippen LogP contribution in [0.5, 0.6) is 0 Å². The van der Waals surface area contributed by atoms with Crippen LogP contribution in [0.2, 0.25) is 0 Å². The van der Waals surface area contributed by atoms with Gasteiger partial charge in [0.15, 0.2) is 17.9 Å². The molecule has 0 spiro atoms. The zero-order valence-corrected chi connectivity index (χ0v) is 22.9. The number of esters is 1. The van der Waals surface area contributed by atoms with Gasteiger partial charge in [0.1, 0.15) is 31.0 Å². The summed E-state index contributed by atoms with van der Waals surface area (Å²) in [5, 5.41) is 0. The van der Waals surface area contributed by atoms with E-state index in [1.54, 1.807) is 0 Å². The summed E-state index contributed by atoms with van der Waals surface area (Å²) in [7, 11) is 0. The van der Waals surface area contributed by atoms with E-state index in [9.17, 15) is 4.79 Å². The maximum Gasteiger partial charge on any atom is 0.305 e. The molecule has 3 aliphatic rings. The second kappa shape index (κ2) is 13.7. The lowest BCUT2D eigenvalue weighted by atomic mass is 9.99. The molecule has 0 aliphatic carbocycles. The Hall–Kier alpha value is -0.730. The molecule has 3 aliphatic heterocycles. The molecule has 0 bridgehead atoms. The van der Waals surface area contributed by atoms with Crippen LogP contribution < -0.4 is 0 Å². The van der Waals surface area contributed by atoms with Crippen molar-refractivity contribution < 1.29 is 33.2 Å². The molecule has 204 valence electrons. The Morgan fingerprint density at radius 1 is 0.657 bits per heavy atom. The minimum Gasteiger partial charge on any atom is -0.463 e. The number of rotatable bonds is 16. The molecule has 3 saturated heterocycles. The molecule has 0 amide bonds. The van der Waals surface area contributed by atoms with Crippen LogP contribution in [0.1, 0.15) is 125 Å². The van der Waals surface area contributed by atoms with E-state index < -0.39 is 24.0 Å². The average molecular weight is 499 g/mol. The third kappa shape index (κ3) is 9.26. The van der Waals surface area contributed by atoms with Gasteiger partial charge in [-0.05, 0) is 34.1 Å². The second-order valence-corrected chi connectivity index (χ2v) is 11.4. The van der Waals surface area contributed by atoms with E-state index in [4.69, 9.17) is 28.4 Å². The Labute approximate surface area is 212 Å². The van der Waals surface area contributed by atoms with Crippen molar-refractivity contribution in [1.82, 2.24) is 0 Å². The predicted octanol–water partition coefficient (Wildman–Crippen LogP) is 6.41. The highest BCUT2D eigenvalue weighted by Crippen LogP contribution is 2.44. The van der Waals surface area contributed by atoms with Gasteiger partial charge in [-0.1, -0.05) is 84.0 Å². The highest BCUT2D eigenvalue weighted by Gasteiger charge is 2.60. The summed E-state index contributed by atoms with van der Waals surface area (Å²) in [5.74, 6) is -1.69. The lowest BCUT2D eigenvalue weighted by Gasteiger charge is -2.36. The second-order valence-electron chi connectivity index (χ2n) is 11.4. The van der Waals surface area contributed by atoms with E-state index in [1.165, 1.54) is 70.6 Å². The molecule has 0 unspecified atom stereocenters. The third-order valence-corrected chi connectivity index (χ3v) is 7.14. The minimum atomic E-state index is -0.754. The van der Waals surface area contributed by atoms with Crippen molar-refractivity contribution in [2.24, 2.45) is 0 Å². The molecule has 0 saturated carbocycles. The van der Waals surface area contributed by atoms with Crippen LogP contribution in [-0.2, 0) is 33.2 Å². The van der Waals surface area contributed by atoms with E-state index in [2.05, 4.69) is 6.92 Å². The maximum absolute atomic E-state index is 12.3. The zero-order valence-electron chi connectivity index (χ0n) is 22.9. The standard InChI is InChI=1S/C28H50O7/c1-6-7-8-9-10-11-12-13-14-15-16-17-18-19-22(29)30-20-21-23-24(33-27(2,3)32-23)25-26(31-21)35-28(4,5)34-25/h21,23-26H,6-20H2,1-5H3/t21-,23+,24+,25+,26+/m0/s1. The molecule has 3 heterocycles. The van der Waals surface area contributed by atoms with Crippen LogP contribution in [0, 0.1) is 0 Å². The fourth-order valence-electron chi connectivity index (χ4n) is 5.36. The van der Waals surface area contributed by atoms with Crippen LogP contribution in [0.25, 0.3) is 0 Å². The summed E-state index contributed by atoms with van der Waals surface area (Å²) in [5.41, 5.74) is 0. The summed E-state index contributed by atoms with van der Waals surface area (Å²) in [6, 6.07) is 0. The Morgan fingerprint density at radius 2 is 1.14 bits per heavy atom. The fourth-order valence-corrected chi connectivity index (χ4v) is 5.36. The van der Waals surface area contributed by atoms with Gasteiger partial charge in [0, 0.05) is 6.42 Å². The van der Waals surface area contributed by atoms with Crippen LogP contribution in [0.4, 0.5) is 0 Å². The predicted molar refractivity (Wildman–Crippen MR) is 134 cm³/mol. The first-order valence-electron chi connectivity index (χ1n) is 14.2. The van der Waals surface area contributed by atoms with Gasteiger partial charge in [0.05, 0.1) is 0 Å².